The lowest BCUT2D eigenvalue weighted by Crippen LogP contribution is -2.46. The van der Waals surface area contributed by atoms with Gasteiger partial charge in [-0.3, -0.25) is 4.98 Å². The summed E-state index contributed by atoms with van der Waals surface area (Å²) in [5.41, 5.74) is 6.82. The molecule has 0 aliphatic carbocycles. The minimum atomic E-state index is -0.299. The molecule has 1 aromatic heterocycles. The van der Waals surface area contributed by atoms with E-state index in [1.54, 1.807) is 6.20 Å². The molecule has 1 unspecified atom stereocenters. The number of aromatic nitrogens is 1. The third kappa shape index (κ3) is 3.61. The molecule has 0 saturated heterocycles. The van der Waals surface area contributed by atoms with Gasteiger partial charge < -0.3 is 10.5 Å². The zero-order chi connectivity index (χ0) is 11.3. The van der Waals surface area contributed by atoms with Gasteiger partial charge in [0, 0.05) is 31.0 Å². The van der Waals surface area contributed by atoms with Crippen molar-refractivity contribution in [1.82, 2.24) is 4.98 Å². The quantitative estimate of drug-likeness (QED) is 0.802. The van der Waals surface area contributed by atoms with Crippen LogP contribution in [0.4, 0.5) is 0 Å². The summed E-state index contributed by atoms with van der Waals surface area (Å²) < 4.78 is 5.61. The minimum absolute atomic E-state index is 0.0349. The van der Waals surface area contributed by atoms with Crippen LogP contribution >= 0.6 is 0 Å². The molecule has 0 aromatic carbocycles. The second kappa shape index (κ2) is 5.24. The van der Waals surface area contributed by atoms with Crippen LogP contribution in [0.3, 0.4) is 0 Å². The van der Waals surface area contributed by atoms with E-state index in [9.17, 15) is 0 Å². The first-order chi connectivity index (χ1) is 7.06. The summed E-state index contributed by atoms with van der Waals surface area (Å²) in [6, 6.07) is 5.83. The van der Waals surface area contributed by atoms with Crippen molar-refractivity contribution in [3.05, 3.63) is 30.1 Å². The van der Waals surface area contributed by atoms with Crippen molar-refractivity contribution in [3.63, 3.8) is 0 Å². The van der Waals surface area contributed by atoms with E-state index in [0.717, 1.165) is 12.1 Å². The molecule has 1 aromatic rings. The van der Waals surface area contributed by atoms with Gasteiger partial charge in [0.25, 0.3) is 0 Å². The maximum atomic E-state index is 6.10. The molecule has 0 bridgehead atoms. The normalized spacial score (nSPS) is 13.9. The second-order valence-corrected chi connectivity index (χ2v) is 4.17. The van der Waals surface area contributed by atoms with Crippen molar-refractivity contribution < 1.29 is 4.74 Å². The third-order valence-corrected chi connectivity index (χ3v) is 2.56. The Kier molecular flexibility index (Phi) is 4.24. The van der Waals surface area contributed by atoms with Crippen LogP contribution in [0.15, 0.2) is 24.4 Å². The van der Waals surface area contributed by atoms with E-state index < -0.39 is 0 Å². The molecule has 1 atom stereocenters. The van der Waals surface area contributed by atoms with Gasteiger partial charge in [0.05, 0.1) is 5.60 Å². The fourth-order valence-corrected chi connectivity index (χ4v) is 1.47. The number of nitrogens with two attached hydrogens (primary N) is 1. The van der Waals surface area contributed by atoms with E-state index in [0.29, 0.717) is 6.61 Å². The highest BCUT2D eigenvalue weighted by Gasteiger charge is 2.26. The lowest BCUT2D eigenvalue weighted by molar-refractivity contribution is -0.0290. The number of hydrogen-bond acceptors (Lipinski definition) is 3. The van der Waals surface area contributed by atoms with Crippen LogP contribution in [0.5, 0.6) is 0 Å². The molecule has 15 heavy (non-hydrogen) atoms. The largest absolute Gasteiger partial charge is 0.374 e. The third-order valence-electron chi connectivity index (χ3n) is 2.56. The van der Waals surface area contributed by atoms with Crippen LogP contribution < -0.4 is 5.73 Å². The van der Waals surface area contributed by atoms with Crippen LogP contribution in [0, 0.1) is 0 Å². The van der Waals surface area contributed by atoms with E-state index in [1.807, 2.05) is 39.0 Å². The van der Waals surface area contributed by atoms with Gasteiger partial charge in [-0.25, -0.2) is 0 Å². The molecule has 0 fully saturated rings. The van der Waals surface area contributed by atoms with Crippen molar-refractivity contribution in [2.45, 2.75) is 38.8 Å². The zero-order valence-corrected chi connectivity index (χ0v) is 9.73. The highest BCUT2D eigenvalue weighted by atomic mass is 16.5. The number of ether oxygens (including phenoxy) is 1. The van der Waals surface area contributed by atoms with E-state index in [2.05, 4.69) is 4.98 Å². The summed E-state index contributed by atoms with van der Waals surface area (Å²) in [6.45, 7) is 6.70. The number of nitrogens with zero attached hydrogens (tertiary/aromatic N) is 1. The van der Waals surface area contributed by atoms with Crippen molar-refractivity contribution in [3.8, 4) is 0 Å². The van der Waals surface area contributed by atoms with Crippen LogP contribution in [-0.4, -0.2) is 23.2 Å². The summed E-state index contributed by atoms with van der Waals surface area (Å²) >= 11 is 0. The Balaban J connectivity index is 2.59. The number of hydrogen-bond donors (Lipinski definition) is 1. The highest BCUT2D eigenvalue weighted by molar-refractivity contribution is 5.06. The Labute approximate surface area is 91.7 Å². The lowest BCUT2D eigenvalue weighted by Gasteiger charge is -2.31. The monoisotopic (exact) mass is 208 g/mol. The second-order valence-electron chi connectivity index (χ2n) is 4.17. The molecule has 0 amide bonds. The molecule has 1 rings (SSSR count). The molecule has 0 radical (unpaired) electrons. The molecule has 0 aliphatic rings. The SMILES string of the molecule is CCOC(C)(C)C(N)Cc1ccccn1. The van der Waals surface area contributed by atoms with Gasteiger partial charge in [-0.15, -0.1) is 0 Å². The van der Waals surface area contributed by atoms with Crippen LogP contribution in [-0.2, 0) is 11.2 Å². The Hall–Kier alpha value is -0.930. The first-order valence-corrected chi connectivity index (χ1v) is 5.35. The first-order valence-electron chi connectivity index (χ1n) is 5.35. The molecular formula is C12H20N2O. The summed E-state index contributed by atoms with van der Waals surface area (Å²) in [5.74, 6) is 0. The first kappa shape index (κ1) is 12.1. The molecule has 2 N–H and O–H groups in total. The van der Waals surface area contributed by atoms with E-state index in [4.69, 9.17) is 10.5 Å². The average molecular weight is 208 g/mol. The molecule has 1 heterocycles. The Bertz CT molecular complexity index is 285. The van der Waals surface area contributed by atoms with Crippen molar-refractivity contribution >= 4 is 0 Å². The van der Waals surface area contributed by atoms with Crippen molar-refractivity contribution in [2.75, 3.05) is 6.61 Å². The van der Waals surface area contributed by atoms with Crippen molar-refractivity contribution in [1.29, 1.82) is 0 Å². The fourth-order valence-electron chi connectivity index (χ4n) is 1.47. The standard InChI is InChI=1S/C12H20N2O/c1-4-15-12(2,3)11(13)9-10-7-5-6-8-14-10/h5-8,11H,4,9,13H2,1-3H3. The Morgan fingerprint density at radius 2 is 2.20 bits per heavy atom. The van der Waals surface area contributed by atoms with Gasteiger partial charge in [0.2, 0.25) is 0 Å². The lowest BCUT2D eigenvalue weighted by atomic mass is 9.95. The van der Waals surface area contributed by atoms with Gasteiger partial charge in [-0.1, -0.05) is 6.07 Å². The Morgan fingerprint density at radius 1 is 1.47 bits per heavy atom. The van der Waals surface area contributed by atoms with Crippen LogP contribution in [0.25, 0.3) is 0 Å². The summed E-state index contributed by atoms with van der Waals surface area (Å²) in [4.78, 5) is 4.26. The fraction of sp³-hybridized carbons (Fsp3) is 0.583. The highest BCUT2D eigenvalue weighted by Crippen LogP contribution is 2.16. The smallest absolute Gasteiger partial charge is 0.0780 e. The molecule has 0 saturated carbocycles. The molecule has 3 heteroatoms. The maximum Gasteiger partial charge on any atom is 0.0780 e. The van der Waals surface area contributed by atoms with Gasteiger partial charge in [-0.05, 0) is 32.9 Å². The minimum Gasteiger partial charge on any atom is -0.374 e. The zero-order valence-electron chi connectivity index (χ0n) is 9.73. The van der Waals surface area contributed by atoms with Gasteiger partial charge in [-0.2, -0.15) is 0 Å². The van der Waals surface area contributed by atoms with Crippen LogP contribution in [0.1, 0.15) is 26.5 Å². The Morgan fingerprint density at radius 3 is 2.73 bits per heavy atom. The maximum absolute atomic E-state index is 6.10. The molecule has 0 spiro atoms. The topological polar surface area (TPSA) is 48.1 Å². The number of rotatable bonds is 5. The molecule has 84 valence electrons. The van der Waals surface area contributed by atoms with Gasteiger partial charge >= 0.3 is 0 Å². The van der Waals surface area contributed by atoms with E-state index in [1.165, 1.54) is 0 Å². The van der Waals surface area contributed by atoms with E-state index in [-0.39, 0.29) is 11.6 Å². The van der Waals surface area contributed by atoms with Crippen molar-refractivity contribution in [2.24, 2.45) is 5.73 Å². The van der Waals surface area contributed by atoms with Gasteiger partial charge in [0.15, 0.2) is 0 Å². The van der Waals surface area contributed by atoms with Gasteiger partial charge in [0.1, 0.15) is 0 Å². The molecular weight excluding hydrogens is 188 g/mol. The summed E-state index contributed by atoms with van der Waals surface area (Å²) in [5, 5.41) is 0. The predicted octanol–water partition coefficient (Wildman–Crippen LogP) is 1.77. The average Bonchev–Trinajstić information content (AvgIpc) is 2.19. The molecule has 3 nitrogen and oxygen atoms in total. The summed E-state index contributed by atoms with van der Waals surface area (Å²) in [7, 11) is 0. The molecule has 0 aliphatic heterocycles. The summed E-state index contributed by atoms with van der Waals surface area (Å²) in [6.07, 6.45) is 2.53. The van der Waals surface area contributed by atoms with Crippen LogP contribution in [0.2, 0.25) is 0 Å². The number of pyridine rings is 1. The van der Waals surface area contributed by atoms with E-state index >= 15 is 0 Å². The predicted molar refractivity (Wildman–Crippen MR) is 61.6 cm³/mol.